The molecule has 106 valence electrons. The van der Waals surface area contributed by atoms with E-state index in [0.29, 0.717) is 0 Å². The van der Waals surface area contributed by atoms with Crippen LogP contribution in [0.25, 0.3) is 6.08 Å². The van der Waals surface area contributed by atoms with E-state index >= 15 is 0 Å². The van der Waals surface area contributed by atoms with E-state index in [2.05, 4.69) is 31.6 Å². The summed E-state index contributed by atoms with van der Waals surface area (Å²) in [6, 6.07) is 2.28. The molecular formula is C19H27B. The molecule has 0 spiro atoms. The molecule has 1 aromatic rings. The summed E-state index contributed by atoms with van der Waals surface area (Å²) < 4.78 is 0. The maximum atomic E-state index is 4.07. The van der Waals surface area contributed by atoms with Crippen molar-refractivity contribution in [3.8, 4) is 0 Å². The van der Waals surface area contributed by atoms with Crippen LogP contribution in [0.2, 0.25) is 0 Å². The Morgan fingerprint density at radius 1 is 0.900 bits per heavy atom. The molecule has 2 saturated carbocycles. The van der Waals surface area contributed by atoms with Gasteiger partial charge >= 0.3 is 124 Å². The zero-order chi connectivity index (χ0) is 13.8. The molecule has 0 nitrogen and oxygen atoms in total. The van der Waals surface area contributed by atoms with Crippen molar-refractivity contribution in [1.82, 2.24) is 0 Å². The van der Waals surface area contributed by atoms with E-state index in [1.165, 1.54) is 69.8 Å². The number of rotatable bonds is 3. The van der Waals surface area contributed by atoms with Crippen molar-refractivity contribution < 1.29 is 0 Å². The molecule has 0 bridgehead atoms. The van der Waals surface area contributed by atoms with Crippen molar-refractivity contribution in [3.63, 3.8) is 0 Å². The van der Waals surface area contributed by atoms with E-state index in [0.717, 1.165) is 11.8 Å². The summed E-state index contributed by atoms with van der Waals surface area (Å²) in [6.45, 7) is 6.50. The maximum absolute atomic E-state index is 4.07. The molecule has 1 heteroatoms. The van der Waals surface area contributed by atoms with Crippen LogP contribution < -0.4 is 0 Å². The van der Waals surface area contributed by atoms with Gasteiger partial charge in [-0.3, -0.25) is 0 Å². The van der Waals surface area contributed by atoms with Crippen LogP contribution in [0.1, 0.15) is 92.6 Å². The minimum atomic E-state index is 0.801. The van der Waals surface area contributed by atoms with Gasteiger partial charge in [0.1, 0.15) is 0 Å². The molecule has 0 aromatic carbocycles. The van der Waals surface area contributed by atoms with E-state index in [-0.39, 0.29) is 0 Å². The van der Waals surface area contributed by atoms with Gasteiger partial charge in [0.15, 0.2) is 0 Å². The van der Waals surface area contributed by atoms with E-state index < -0.39 is 0 Å². The molecule has 0 amide bonds. The van der Waals surface area contributed by atoms with Gasteiger partial charge in [-0.05, 0) is 0 Å². The SMILES string of the molecule is C=Cc1ccbc(C2CCCCC2)c1C1CCCCC1. The average Bonchev–Trinajstić information content (AvgIpc) is 2.55. The van der Waals surface area contributed by atoms with Crippen LogP contribution in [0, 0.1) is 0 Å². The predicted molar refractivity (Wildman–Crippen MR) is 89.5 cm³/mol. The summed E-state index contributed by atoms with van der Waals surface area (Å²) in [5.41, 5.74) is 4.77. The average molecular weight is 266 g/mol. The first-order chi connectivity index (χ1) is 9.90. The molecule has 0 atom stereocenters. The van der Waals surface area contributed by atoms with Crippen LogP contribution >= 0.6 is 0 Å². The molecular weight excluding hydrogens is 239 g/mol. The normalized spacial score (nSPS) is 21.6. The molecule has 0 unspecified atom stereocenters. The topological polar surface area (TPSA) is 0 Å². The van der Waals surface area contributed by atoms with Crippen molar-refractivity contribution in [2.24, 2.45) is 0 Å². The second-order valence-electron chi connectivity index (χ2n) is 6.72. The third-order valence-electron chi connectivity index (χ3n) is 5.45. The predicted octanol–water partition coefficient (Wildman–Crippen LogP) is 5.76. The Balaban J connectivity index is 1.96. The van der Waals surface area contributed by atoms with Crippen molar-refractivity contribution in [1.29, 1.82) is 0 Å². The summed E-state index contributed by atoms with van der Waals surface area (Å²) in [5.74, 6) is 3.88. The van der Waals surface area contributed by atoms with Crippen LogP contribution in [0.3, 0.4) is 0 Å². The molecule has 3 rings (SSSR count). The summed E-state index contributed by atoms with van der Waals surface area (Å²) in [7, 11) is 0. The Morgan fingerprint density at radius 3 is 2.10 bits per heavy atom. The first-order valence-electron chi connectivity index (χ1n) is 8.65. The van der Waals surface area contributed by atoms with Gasteiger partial charge in [-0.15, -0.1) is 0 Å². The monoisotopic (exact) mass is 266 g/mol. The molecule has 2 aliphatic carbocycles. The van der Waals surface area contributed by atoms with Crippen molar-refractivity contribution in [3.05, 3.63) is 35.2 Å². The van der Waals surface area contributed by atoms with Crippen LogP contribution in [-0.4, -0.2) is 6.91 Å². The standard InChI is InChI=1S/C19H27B/c1-2-15-13-14-20-19(17-11-7-4-8-12-17)18(15)16-9-5-3-6-10-16/h2,13-14,16-17H,1,3-12H2. The Morgan fingerprint density at radius 2 is 1.50 bits per heavy atom. The zero-order valence-corrected chi connectivity index (χ0v) is 12.7. The van der Waals surface area contributed by atoms with Crippen LogP contribution in [0.4, 0.5) is 0 Å². The van der Waals surface area contributed by atoms with Gasteiger partial charge in [0.25, 0.3) is 0 Å². The molecule has 0 saturated heterocycles. The molecule has 1 heterocycles. The van der Waals surface area contributed by atoms with Gasteiger partial charge in [-0.1, -0.05) is 0 Å². The molecule has 0 radical (unpaired) electrons. The Bertz CT molecular complexity index is 451. The van der Waals surface area contributed by atoms with Crippen molar-refractivity contribution >= 4 is 13.0 Å². The summed E-state index contributed by atoms with van der Waals surface area (Å²) in [5, 5.41) is 0. The van der Waals surface area contributed by atoms with Crippen LogP contribution in [-0.2, 0) is 0 Å². The van der Waals surface area contributed by atoms with Gasteiger partial charge < -0.3 is 0 Å². The first kappa shape index (κ1) is 14.1. The number of hydrogen-bond donors (Lipinski definition) is 0. The third-order valence-corrected chi connectivity index (χ3v) is 5.45. The van der Waals surface area contributed by atoms with Crippen LogP contribution in [0.5, 0.6) is 0 Å². The number of hydrogen-bond acceptors (Lipinski definition) is 0. The minimum absolute atomic E-state index is 0.801. The second kappa shape index (κ2) is 6.74. The van der Waals surface area contributed by atoms with Crippen molar-refractivity contribution in [2.45, 2.75) is 76.0 Å². The Kier molecular flexibility index (Phi) is 4.75. The fourth-order valence-electron chi connectivity index (χ4n) is 4.41. The van der Waals surface area contributed by atoms with E-state index in [9.17, 15) is 0 Å². The van der Waals surface area contributed by atoms with E-state index in [1.807, 2.05) is 0 Å². The molecule has 2 aliphatic rings. The Labute approximate surface area is 124 Å². The quantitative estimate of drug-likeness (QED) is 0.652. The molecule has 0 N–H and O–H groups in total. The fourth-order valence-corrected chi connectivity index (χ4v) is 4.41. The van der Waals surface area contributed by atoms with Gasteiger partial charge in [0.05, 0.1) is 0 Å². The van der Waals surface area contributed by atoms with E-state index in [4.69, 9.17) is 0 Å². The summed E-state index contributed by atoms with van der Waals surface area (Å²) >= 11 is 0. The first-order valence-corrected chi connectivity index (χ1v) is 8.65. The van der Waals surface area contributed by atoms with Gasteiger partial charge in [0, 0.05) is 0 Å². The summed E-state index contributed by atoms with van der Waals surface area (Å²) in [6.07, 6.45) is 16.2. The zero-order valence-electron chi connectivity index (χ0n) is 12.7. The fraction of sp³-hybridized carbons (Fsp3) is 0.632. The van der Waals surface area contributed by atoms with Gasteiger partial charge in [-0.25, -0.2) is 0 Å². The summed E-state index contributed by atoms with van der Waals surface area (Å²) in [4.78, 5) is 0. The van der Waals surface area contributed by atoms with Crippen LogP contribution in [0.15, 0.2) is 18.6 Å². The van der Waals surface area contributed by atoms with Gasteiger partial charge in [0.2, 0.25) is 0 Å². The second-order valence-corrected chi connectivity index (χ2v) is 6.72. The molecule has 2 fully saturated rings. The van der Waals surface area contributed by atoms with Crippen molar-refractivity contribution in [2.75, 3.05) is 0 Å². The van der Waals surface area contributed by atoms with E-state index in [1.54, 1.807) is 11.0 Å². The Hall–Kier alpha value is -0.845. The molecule has 20 heavy (non-hydrogen) atoms. The van der Waals surface area contributed by atoms with Gasteiger partial charge in [-0.2, -0.15) is 0 Å². The molecule has 0 aliphatic heterocycles. The molecule has 1 aromatic heterocycles. The third kappa shape index (κ3) is 2.92.